The molecule has 2 heterocycles. The van der Waals surface area contributed by atoms with Crippen molar-refractivity contribution >= 4 is 0 Å². The largest absolute Gasteiger partial charge is 0.497 e. The van der Waals surface area contributed by atoms with Gasteiger partial charge in [0, 0.05) is 24.2 Å². The van der Waals surface area contributed by atoms with E-state index in [4.69, 9.17) is 14.2 Å². The molecular formula is C20H22O4. The number of methoxy groups -OCH3 is 1. The summed E-state index contributed by atoms with van der Waals surface area (Å²) >= 11 is 0. The molecule has 0 aliphatic carbocycles. The highest BCUT2D eigenvalue weighted by Crippen LogP contribution is 2.51. The summed E-state index contributed by atoms with van der Waals surface area (Å²) in [5.74, 6) is 1.85. The van der Waals surface area contributed by atoms with Gasteiger partial charge in [-0.1, -0.05) is 24.3 Å². The first kappa shape index (κ1) is 15.5. The van der Waals surface area contributed by atoms with Gasteiger partial charge in [0.15, 0.2) is 0 Å². The average Bonchev–Trinajstić information content (AvgIpc) is 2.66. The fraction of sp³-hybridized carbons (Fsp3) is 0.400. The summed E-state index contributed by atoms with van der Waals surface area (Å²) in [6.07, 6.45) is 2.01. The molecule has 1 saturated heterocycles. The topological polar surface area (TPSA) is 47.9 Å². The van der Waals surface area contributed by atoms with E-state index in [1.807, 2.05) is 42.5 Å². The first-order chi connectivity index (χ1) is 11.8. The second-order valence-electron chi connectivity index (χ2n) is 6.40. The summed E-state index contributed by atoms with van der Waals surface area (Å²) in [5, 5.41) is 9.72. The van der Waals surface area contributed by atoms with Crippen LogP contribution in [0.1, 0.15) is 41.7 Å². The zero-order chi connectivity index (χ0) is 16.5. The molecule has 0 amide bonds. The number of aliphatic hydroxyl groups excluding tert-OH is 1. The molecule has 24 heavy (non-hydrogen) atoms. The lowest BCUT2D eigenvalue weighted by molar-refractivity contribution is -0.0853. The summed E-state index contributed by atoms with van der Waals surface area (Å²) in [6, 6.07) is 13.9. The van der Waals surface area contributed by atoms with Crippen LogP contribution in [0, 0.1) is 5.92 Å². The lowest BCUT2D eigenvalue weighted by atomic mass is 9.79. The summed E-state index contributed by atoms with van der Waals surface area (Å²) in [5.41, 5.74) is 3.06. The van der Waals surface area contributed by atoms with Crippen molar-refractivity contribution in [2.45, 2.75) is 31.7 Å². The molecule has 4 heteroatoms. The second-order valence-corrected chi connectivity index (χ2v) is 6.40. The fourth-order valence-electron chi connectivity index (χ4n) is 3.89. The van der Waals surface area contributed by atoms with Crippen molar-refractivity contribution in [1.82, 2.24) is 0 Å². The molecule has 2 aromatic carbocycles. The van der Waals surface area contributed by atoms with Crippen molar-refractivity contribution in [3.63, 3.8) is 0 Å². The Kier molecular flexibility index (Phi) is 4.17. The normalized spacial score (nSPS) is 25.3. The molecule has 0 spiro atoms. The molecule has 2 aliphatic heterocycles. The summed E-state index contributed by atoms with van der Waals surface area (Å²) < 4.78 is 17.9. The number of hydrogen-bond donors (Lipinski definition) is 1. The lowest BCUT2D eigenvalue weighted by Gasteiger charge is -2.42. The van der Waals surface area contributed by atoms with Crippen LogP contribution in [0.5, 0.6) is 11.5 Å². The number of hydrogen-bond acceptors (Lipinski definition) is 4. The van der Waals surface area contributed by atoms with Gasteiger partial charge in [0.2, 0.25) is 0 Å². The smallest absolute Gasteiger partial charge is 0.130 e. The van der Waals surface area contributed by atoms with Gasteiger partial charge in [0.1, 0.15) is 17.6 Å². The number of fused-ring (bicyclic) bond motifs is 3. The predicted molar refractivity (Wildman–Crippen MR) is 90.1 cm³/mol. The van der Waals surface area contributed by atoms with Crippen molar-refractivity contribution in [3.05, 3.63) is 59.2 Å². The van der Waals surface area contributed by atoms with Gasteiger partial charge < -0.3 is 19.3 Å². The van der Waals surface area contributed by atoms with Crippen LogP contribution in [0.4, 0.5) is 0 Å². The monoisotopic (exact) mass is 326 g/mol. The van der Waals surface area contributed by atoms with Crippen LogP contribution in [0.2, 0.25) is 0 Å². The van der Waals surface area contributed by atoms with E-state index in [2.05, 4.69) is 0 Å². The number of rotatable bonds is 3. The molecule has 4 nitrogen and oxygen atoms in total. The Hall–Kier alpha value is -2.04. The average molecular weight is 326 g/mol. The molecule has 1 fully saturated rings. The van der Waals surface area contributed by atoms with Gasteiger partial charge in [-0.25, -0.2) is 0 Å². The Balaban J connectivity index is 1.80. The third-order valence-corrected chi connectivity index (χ3v) is 5.07. The van der Waals surface area contributed by atoms with E-state index in [1.54, 1.807) is 7.11 Å². The minimum absolute atomic E-state index is 0.0131. The summed E-state index contributed by atoms with van der Waals surface area (Å²) in [4.78, 5) is 0. The highest BCUT2D eigenvalue weighted by molar-refractivity contribution is 5.45. The molecule has 4 rings (SSSR count). The van der Waals surface area contributed by atoms with Gasteiger partial charge in [0.05, 0.1) is 19.8 Å². The summed E-state index contributed by atoms with van der Waals surface area (Å²) in [7, 11) is 1.66. The molecule has 0 saturated carbocycles. The Bertz CT molecular complexity index is 727. The molecule has 126 valence electrons. The van der Waals surface area contributed by atoms with Gasteiger partial charge in [-0.3, -0.25) is 0 Å². The minimum atomic E-state index is -0.113. The fourth-order valence-corrected chi connectivity index (χ4v) is 3.89. The quantitative estimate of drug-likeness (QED) is 0.932. The molecule has 3 atom stereocenters. The van der Waals surface area contributed by atoms with Crippen molar-refractivity contribution in [2.75, 3.05) is 13.7 Å². The minimum Gasteiger partial charge on any atom is -0.497 e. The van der Waals surface area contributed by atoms with E-state index in [0.717, 1.165) is 47.6 Å². The van der Waals surface area contributed by atoms with Crippen LogP contribution < -0.4 is 9.47 Å². The molecule has 0 radical (unpaired) electrons. The van der Waals surface area contributed by atoms with Crippen LogP contribution >= 0.6 is 0 Å². The van der Waals surface area contributed by atoms with Crippen LogP contribution in [0.3, 0.4) is 0 Å². The highest BCUT2D eigenvalue weighted by atomic mass is 16.5. The Morgan fingerprint density at radius 1 is 1.12 bits per heavy atom. The SMILES string of the molecule is COc1ccc2c(c1)O[C@@H](c1ccccc1CO)[C@@H]1CCCO[C@@H]21. The zero-order valence-electron chi connectivity index (χ0n) is 13.8. The van der Waals surface area contributed by atoms with Gasteiger partial charge in [-0.05, 0) is 36.1 Å². The van der Waals surface area contributed by atoms with Crippen molar-refractivity contribution in [2.24, 2.45) is 5.92 Å². The van der Waals surface area contributed by atoms with Gasteiger partial charge in [-0.2, -0.15) is 0 Å². The van der Waals surface area contributed by atoms with E-state index < -0.39 is 0 Å². The molecule has 0 unspecified atom stereocenters. The summed E-state index contributed by atoms with van der Waals surface area (Å²) in [6.45, 7) is 0.792. The first-order valence-electron chi connectivity index (χ1n) is 8.46. The molecule has 0 bridgehead atoms. The standard InChI is InChI=1S/C20H22O4/c1-22-14-8-9-16-18(11-14)24-20(17-7-4-10-23-19(16)17)15-6-3-2-5-13(15)12-21/h2-3,5-6,8-9,11,17,19-21H,4,7,10,12H2,1H3/t17-,19+,20+/m1/s1. The highest BCUT2D eigenvalue weighted by Gasteiger charge is 2.42. The van der Waals surface area contributed by atoms with E-state index in [1.165, 1.54) is 0 Å². The van der Waals surface area contributed by atoms with Crippen LogP contribution in [0.25, 0.3) is 0 Å². The van der Waals surface area contributed by atoms with E-state index in [9.17, 15) is 5.11 Å². The van der Waals surface area contributed by atoms with Crippen molar-refractivity contribution in [1.29, 1.82) is 0 Å². The third kappa shape index (κ3) is 2.56. The van der Waals surface area contributed by atoms with E-state index in [0.29, 0.717) is 0 Å². The van der Waals surface area contributed by atoms with Crippen LogP contribution in [0.15, 0.2) is 42.5 Å². The third-order valence-electron chi connectivity index (χ3n) is 5.07. The molecular weight excluding hydrogens is 304 g/mol. The number of benzene rings is 2. The Morgan fingerprint density at radius 2 is 2.00 bits per heavy atom. The molecule has 1 N–H and O–H groups in total. The molecule has 2 aromatic rings. The van der Waals surface area contributed by atoms with Gasteiger partial charge in [0.25, 0.3) is 0 Å². The Labute approximate surface area is 142 Å². The Morgan fingerprint density at radius 3 is 2.83 bits per heavy atom. The maximum atomic E-state index is 9.72. The number of ether oxygens (including phenoxy) is 3. The van der Waals surface area contributed by atoms with Crippen molar-refractivity contribution < 1.29 is 19.3 Å². The zero-order valence-corrected chi connectivity index (χ0v) is 13.8. The lowest BCUT2D eigenvalue weighted by Crippen LogP contribution is -2.35. The van der Waals surface area contributed by atoms with Crippen LogP contribution in [-0.4, -0.2) is 18.8 Å². The number of aliphatic hydroxyl groups is 1. The van der Waals surface area contributed by atoms with E-state index >= 15 is 0 Å². The second kappa shape index (κ2) is 6.46. The predicted octanol–water partition coefficient (Wildman–Crippen LogP) is 3.79. The maximum Gasteiger partial charge on any atom is 0.130 e. The van der Waals surface area contributed by atoms with Gasteiger partial charge in [-0.15, -0.1) is 0 Å². The maximum absolute atomic E-state index is 9.72. The molecule has 0 aromatic heterocycles. The molecule has 2 aliphatic rings. The van der Waals surface area contributed by atoms with Crippen LogP contribution in [-0.2, 0) is 11.3 Å². The van der Waals surface area contributed by atoms with E-state index in [-0.39, 0.29) is 24.7 Å². The van der Waals surface area contributed by atoms with Crippen molar-refractivity contribution in [3.8, 4) is 11.5 Å². The van der Waals surface area contributed by atoms with Gasteiger partial charge >= 0.3 is 0 Å². The first-order valence-corrected chi connectivity index (χ1v) is 8.46.